The lowest BCUT2D eigenvalue weighted by Gasteiger charge is -2.35. The first-order valence-corrected chi connectivity index (χ1v) is 9.52. The fourth-order valence-corrected chi connectivity index (χ4v) is 3.48. The average molecular weight is 393 g/mol. The number of hydrogen-bond donors (Lipinski definition) is 2. The summed E-state index contributed by atoms with van der Waals surface area (Å²) in [7, 11) is 1.93. The summed E-state index contributed by atoms with van der Waals surface area (Å²) in [5.41, 5.74) is 2.75. The molecule has 1 fully saturated rings. The number of anilines is 1. The third-order valence-corrected chi connectivity index (χ3v) is 4.98. The number of ether oxygens (including phenoxy) is 1. The summed E-state index contributed by atoms with van der Waals surface area (Å²) in [5, 5.41) is 9.97. The maximum absolute atomic E-state index is 13.1. The van der Waals surface area contributed by atoms with Crippen molar-refractivity contribution in [1.29, 1.82) is 0 Å². The Morgan fingerprint density at radius 1 is 1.24 bits per heavy atom. The number of aromatic nitrogens is 3. The lowest BCUT2D eigenvalue weighted by molar-refractivity contribution is -0.118. The van der Waals surface area contributed by atoms with Gasteiger partial charge < -0.3 is 19.5 Å². The number of carbonyl (C=O) groups is 2. The highest BCUT2D eigenvalue weighted by atomic mass is 16.5. The van der Waals surface area contributed by atoms with Gasteiger partial charge in [-0.05, 0) is 30.3 Å². The minimum atomic E-state index is -0.332. The van der Waals surface area contributed by atoms with E-state index < -0.39 is 0 Å². The molecule has 8 heteroatoms. The standard InChI is InChI=1S/C21H23N5O3/c1-25-9-5-8-19(25)17-13-18(24-23-17)21(28)26-10-11-29-14-16(26)12-20(27)22-15-6-3-2-4-7-15/h2-9,13,16H,10-12,14H2,1H3,(H,22,27)(H,23,24)/t16-/m1/s1. The molecule has 150 valence electrons. The van der Waals surface area contributed by atoms with Gasteiger partial charge in [-0.3, -0.25) is 14.7 Å². The average Bonchev–Trinajstić information content (AvgIpc) is 3.37. The predicted molar refractivity (Wildman–Crippen MR) is 108 cm³/mol. The number of rotatable bonds is 5. The van der Waals surface area contributed by atoms with Gasteiger partial charge in [0.25, 0.3) is 5.91 Å². The summed E-state index contributed by atoms with van der Waals surface area (Å²) in [4.78, 5) is 27.2. The molecule has 29 heavy (non-hydrogen) atoms. The van der Waals surface area contributed by atoms with Crippen molar-refractivity contribution >= 4 is 17.5 Å². The van der Waals surface area contributed by atoms with Gasteiger partial charge in [0.1, 0.15) is 11.4 Å². The van der Waals surface area contributed by atoms with Gasteiger partial charge in [-0.25, -0.2) is 0 Å². The van der Waals surface area contributed by atoms with Gasteiger partial charge in [0.15, 0.2) is 0 Å². The van der Waals surface area contributed by atoms with E-state index in [0.717, 1.165) is 11.4 Å². The lowest BCUT2D eigenvalue weighted by atomic mass is 10.1. The van der Waals surface area contributed by atoms with Crippen molar-refractivity contribution in [3.63, 3.8) is 0 Å². The Labute approximate surface area is 168 Å². The molecule has 0 radical (unpaired) electrons. The summed E-state index contributed by atoms with van der Waals surface area (Å²) in [6, 6.07) is 14.5. The Morgan fingerprint density at radius 3 is 2.83 bits per heavy atom. The van der Waals surface area contributed by atoms with E-state index in [1.807, 2.05) is 60.3 Å². The molecule has 2 amide bonds. The van der Waals surface area contributed by atoms with Crippen LogP contribution in [-0.2, 0) is 16.6 Å². The van der Waals surface area contributed by atoms with Crippen molar-refractivity contribution in [3.8, 4) is 11.4 Å². The van der Waals surface area contributed by atoms with Crippen LogP contribution in [0.1, 0.15) is 16.9 Å². The normalized spacial score (nSPS) is 16.6. The van der Waals surface area contributed by atoms with Crippen LogP contribution in [-0.4, -0.2) is 57.3 Å². The number of nitrogens with zero attached hydrogens (tertiary/aromatic N) is 3. The summed E-state index contributed by atoms with van der Waals surface area (Å²) in [5.74, 6) is -0.336. The molecule has 0 aliphatic carbocycles. The zero-order valence-electron chi connectivity index (χ0n) is 16.2. The molecule has 1 aromatic carbocycles. The Bertz CT molecular complexity index is 995. The van der Waals surface area contributed by atoms with Gasteiger partial charge in [-0.2, -0.15) is 5.10 Å². The number of nitrogens with one attached hydrogen (secondary N) is 2. The minimum Gasteiger partial charge on any atom is -0.377 e. The number of H-pyrrole nitrogens is 1. The molecule has 1 atom stereocenters. The Morgan fingerprint density at radius 2 is 2.07 bits per heavy atom. The number of aromatic amines is 1. The van der Waals surface area contributed by atoms with Crippen molar-refractivity contribution in [3.05, 3.63) is 60.4 Å². The SMILES string of the molecule is Cn1cccc1-c1cc(C(=O)N2CCOC[C@H]2CC(=O)Nc2ccccc2)[nH]n1. The fraction of sp³-hybridized carbons (Fsp3) is 0.286. The maximum Gasteiger partial charge on any atom is 0.272 e. The van der Waals surface area contributed by atoms with Crippen LogP contribution in [0.4, 0.5) is 5.69 Å². The summed E-state index contributed by atoms with van der Waals surface area (Å²) in [6.07, 6.45) is 2.09. The molecule has 3 aromatic rings. The van der Waals surface area contributed by atoms with Crippen LogP contribution < -0.4 is 5.32 Å². The van der Waals surface area contributed by atoms with Crippen LogP contribution in [0.25, 0.3) is 11.4 Å². The third kappa shape index (κ3) is 4.22. The number of para-hydroxylation sites is 1. The highest BCUT2D eigenvalue weighted by Gasteiger charge is 2.31. The van der Waals surface area contributed by atoms with Crippen LogP contribution in [0, 0.1) is 0 Å². The Balaban J connectivity index is 1.46. The van der Waals surface area contributed by atoms with Crippen molar-refractivity contribution in [2.75, 3.05) is 25.1 Å². The molecule has 2 N–H and O–H groups in total. The van der Waals surface area contributed by atoms with Crippen LogP contribution in [0.5, 0.6) is 0 Å². The number of aryl methyl sites for hydroxylation is 1. The molecule has 0 spiro atoms. The summed E-state index contributed by atoms with van der Waals surface area (Å²) >= 11 is 0. The predicted octanol–water partition coefficient (Wildman–Crippen LogP) is 2.29. The number of morpholine rings is 1. The van der Waals surface area contributed by atoms with Crippen LogP contribution >= 0.6 is 0 Å². The van der Waals surface area contributed by atoms with Crippen molar-refractivity contribution in [2.24, 2.45) is 7.05 Å². The smallest absolute Gasteiger partial charge is 0.272 e. The molecule has 2 aromatic heterocycles. The van der Waals surface area contributed by atoms with Crippen molar-refractivity contribution in [1.82, 2.24) is 19.7 Å². The lowest BCUT2D eigenvalue weighted by Crippen LogP contribution is -2.50. The first-order chi connectivity index (χ1) is 14.1. The zero-order valence-corrected chi connectivity index (χ0v) is 16.2. The fourth-order valence-electron chi connectivity index (χ4n) is 3.48. The number of amides is 2. The first kappa shape index (κ1) is 18.9. The van der Waals surface area contributed by atoms with E-state index in [-0.39, 0.29) is 24.3 Å². The van der Waals surface area contributed by atoms with Gasteiger partial charge in [-0.1, -0.05) is 18.2 Å². The van der Waals surface area contributed by atoms with E-state index in [1.165, 1.54) is 0 Å². The molecule has 4 rings (SSSR count). The van der Waals surface area contributed by atoms with Crippen LogP contribution in [0.15, 0.2) is 54.7 Å². The molecule has 1 aliphatic heterocycles. The second kappa shape index (κ2) is 8.32. The van der Waals surface area contributed by atoms with E-state index in [9.17, 15) is 9.59 Å². The van der Waals surface area contributed by atoms with Crippen LogP contribution in [0.3, 0.4) is 0 Å². The third-order valence-electron chi connectivity index (χ3n) is 4.98. The number of hydrogen-bond acceptors (Lipinski definition) is 4. The molecular formula is C21H23N5O3. The Kier molecular flexibility index (Phi) is 5.44. The molecule has 3 heterocycles. The highest BCUT2D eigenvalue weighted by molar-refractivity contribution is 5.95. The van der Waals surface area contributed by atoms with E-state index in [4.69, 9.17) is 4.74 Å². The quantitative estimate of drug-likeness (QED) is 0.696. The van der Waals surface area contributed by atoms with Crippen molar-refractivity contribution in [2.45, 2.75) is 12.5 Å². The molecule has 0 saturated carbocycles. The molecular weight excluding hydrogens is 370 g/mol. The second-order valence-electron chi connectivity index (χ2n) is 7.02. The second-order valence-corrected chi connectivity index (χ2v) is 7.02. The molecule has 0 unspecified atom stereocenters. The largest absolute Gasteiger partial charge is 0.377 e. The van der Waals surface area contributed by atoms with Gasteiger partial charge in [0.05, 0.1) is 24.9 Å². The molecule has 0 bridgehead atoms. The molecule has 8 nitrogen and oxygen atoms in total. The number of benzene rings is 1. The van der Waals surface area contributed by atoms with Gasteiger partial charge in [-0.15, -0.1) is 0 Å². The summed E-state index contributed by atoms with van der Waals surface area (Å²) in [6.45, 7) is 1.20. The monoisotopic (exact) mass is 393 g/mol. The summed E-state index contributed by atoms with van der Waals surface area (Å²) < 4.78 is 7.47. The number of carbonyl (C=O) groups excluding carboxylic acids is 2. The molecule has 1 saturated heterocycles. The topological polar surface area (TPSA) is 92.2 Å². The maximum atomic E-state index is 13.1. The van der Waals surface area contributed by atoms with E-state index in [2.05, 4.69) is 15.5 Å². The van der Waals surface area contributed by atoms with Gasteiger partial charge in [0.2, 0.25) is 5.91 Å². The van der Waals surface area contributed by atoms with Gasteiger partial charge in [0, 0.05) is 31.9 Å². The van der Waals surface area contributed by atoms with Crippen molar-refractivity contribution < 1.29 is 14.3 Å². The highest BCUT2D eigenvalue weighted by Crippen LogP contribution is 2.20. The van der Waals surface area contributed by atoms with Crippen LogP contribution in [0.2, 0.25) is 0 Å². The van der Waals surface area contributed by atoms with E-state index in [0.29, 0.717) is 31.1 Å². The first-order valence-electron chi connectivity index (χ1n) is 9.52. The zero-order chi connectivity index (χ0) is 20.2. The molecule has 1 aliphatic rings. The van der Waals surface area contributed by atoms with Gasteiger partial charge >= 0.3 is 0 Å². The van der Waals surface area contributed by atoms with E-state index in [1.54, 1.807) is 11.0 Å². The Hall–Kier alpha value is -3.39. The van der Waals surface area contributed by atoms with E-state index >= 15 is 0 Å². The minimum absolute atomic E-state index is 0.154.